The maximum Gasteiger partial charge on any atom is 0.406 e. The van der Waals surface area contributed by atoms with Gasteiger partial charge in [-0.05, 0) is 13.8 Å². The Labute approximate surface area is 102 Å². The molecular formula is C10H13F3N2O3. The molecule has 0 aromatic heterocycles. The third kappa shape index (κ3) is 6.62. The van der Waals surface area contributed by atoms with E-state index in [0.29, 0.717) is 0 Å². The molecule has 0 aromatic rings. The number of carboxylic acids is 1. The fourth-order valence-corrected chi connectivity index (χ4v) is 0.962. The molecule has 18 heavy (non-hydrogen) atoms. The number of carboxylic acid groups (broad SMARTS) is 1. The number of carbonyl (C=O) groups excluding carboxylic acids is 1. The van der Waals surface area contributed by atoms with Crippen LogP contribution in [0.3, 0.4) is 0 Å². The quantitative estimate of drug-likeness (QED) is 0.747. The molecule has 8 heteroatoms. The zero-order valence-corrected chi connectivity index (χ0v) is 9.84. The van der Waals surface area contributed by atoms with Crippen molar-refractivity contribution in [2.75, 3.05) is 13.1 Å². The van der Waals surface area contributed by atoms with Gasteiger partial charge >= 0.3 is 18.2 Å². The SMILES string of the molecule is C#CC(C)(C)NC(=O)N(CC(=O)O)CC(F)(F)F. The van der Waals surface area contributed by atoms with Crippen molar-refractivity contribution in [3.8, 4) is 12.3 Å². The summed E-state index contributed by atoms with van der Waals surface area (Å²) in [7, 11) is 0. The van der Waals surface area contributed by atoms with Gasteiger partial charge in [-0.1, -0.05) is 5.92 Å². The summed E-state index contributed by atoms with van der Waals surface area (Å²) < 4.78 is 36.5. The molecule has 5 nitrogen and oxygen atoms in total. The zero-order chi connectivity index (χ0) is 14.6. The Morgan fingerprint density at radius 2 is 1.89 bits per heavy atom. The molecule has 0 aromatic carbocycles. The standard InChI is InChI=1S/C10H13F3N2O3/c1-4-9(2,3)14-8(18)15(5-7(16)17)6-10(11,12)13/h1H,5-6H2,2-3H3,(H,14,18)(H,16,17). The molecule has 0 radical (unpaired) electrons. The van der Waals surface area contributed by atoms with Crippen LogP contribution in [0.5, 0.6) is 0 Å². The minimum atomic E-state index is -4.69. The van der Waals surface area contributed by atoms with Crippen LogP contribution in [0.25, 0.3) is 0 Å². The van der Waals surface area contributed by atoms with Crippen molar-refractivity contribution >= 4 is 12.0 Å². The highest BCUT2D eigenvalue weighted by Gasteiger charge is 2.35. The van der Waals surface area contributed by atoms with Crippen LogP contribution >= 0.6 is 0 Å². The minimum absolute atomic E-state index is 0.126. The number of amides is 2. The lowest BCUT2D eigenvalue weighted by Crippen LogP contribution is -2.52. The van der Waals surface area contributed by atoms with Gasteiger partial charge in [0.15, 0.2) is 0 Å². The predicted octanol–water partition coefficient (Wildman–Crippen LogP) is 1.06. The highest BCUT2D eigenvalue weighted by Crippen LogP contribution is 2.16. The van der Waals surface area contributed by atoms with Gasteiger partial charge in [0.05, 0.1) is 5.54 Å². The summed E-state index contributed by atoms with van der Waals surface area (Å²) in [6.45, 7) is 0.0760. The van der Waals surface area contributed by atoms with Crippen LogP contribution in [0.2, 0.25) is 0 Å². The summed E-state index contributed by atoms with van der Waals surface area (Å²) in [6.07, 6.45) is 0.374. The molecule has 0 aliphatic rings. The van der Waals surface area contributed by atoms with Gasteiger partial charge < -0.3 is 15.3 Å². The molecule has 0 aliphatic heterocycles. The van der Waals surface area contributed by atoms with Crippen molar-refractivity contribution in [1.82, 2.24) is 10.2 Å². The van der Waals surface area contributed by atoms with Crippen LogP contribution in [0.1, 0.15) is 13.8 Å². The predicted molar refractivity (Wildman–Crippen MR) is 56.7 cm³/mol. The summed E-state index contributed by atoms with van der Waals surface area (Å²) >= 11 is 0. The van der Waals surface area contributed by atoms with E-state index >= 15 is 0 Å². The van der Waals surface area contributed by atoms with E-state index in [1.807, 2.05) is 0 Å². The zero-order valence-electron chi connectivity index (χ0n) is 9.84. The van der Waals surface area contributed by atoms with Crippen molar-refractivity contribution in [2.24, 2.45) is 0 Å². The number of carbonyl (C=O) groups is 2. The van der Waals surface area contributed by atoms with Crippen LogP contribution in [0.4, 0.5) is 18.0 Å². The molecule has 0 bridgehead atoms. The Hall–Kier alpha value is -1.91. The van der Waals surface area contributed by atoms with E-state index in [4.69, 9.17) is 11.5 Å². The van der Waals surface area contributed by atoms with Crippen molar-refractivity contribution < 1.29 is 27.9 Å². The molecule has 0 saturated carbocycles. The maximum absolute atomic E-state index is 12.2. The number of hydrogen-bond acceptors (Lipinski definition) is 2. The van der Waals surface area contributed by atoms with Gasteiger partial charge in [0.1, 0.15) is 13.1 Å². The normalized spacial score (nSPS) is 11.6. The van der Waals surface area contributed by atoms with Crippen LogP contribution in [-0.4, -0.2) is 46.8 Å². The molecule has 0 fully saturated rings. The molecular weight excluding hydrogens is 253 g/mol. The van der Waals surface area contributed by atoms with Crippen LogP contribution < -0.4 is 5.32 Å². The fraction of sp³-hybridized carbons (Fsp3) is 0.600. The first-order valence-electron chi connectivity index (χ1n) is 4.80. The van der Waals surface area contributed by atoms with Crippen LogP contribution in [-0.2, 0) is 4.79 Å². The number of nitrogens with one attached hydrogen (secondary N) is 1. The topological polar surface area (TPSA) is 69.6 Å². The largest absolute Gasteiger partial charge is 0.480 e. The summed E-state index contributed by atoms with van der Waals surface area (Å²) in [5, 5.41) is 10.6. The molecule has 0 atom stereocenters. The van der Waals surface area contributed by atoms with Crippen molar-refractivity contribution in [1.29, 1.82) is 0 Å². The van der Waals surface area contributed by atoms with Gasteiger partial charge in [0.2, 0.25) is 0 Å². The number of nitrogens with zero attached hydrogens (tertiary/aromatic N) is 1. The molecule has 0 unspecified atom stereocenters. The fourth-order valence-electron chi connectivity index (χ4n) is 0.962. The Morgan fingerprint density at radius 1 is 1.39 bits per heavy atom. The summed E-state index contributed by atoms with van der Waals surface area (Å²) in [6, 6.07) is -1.18. The number of aliphatic carboxylic acids is 1. The average molecular weight is 266 g/mol. The van der Waals surface area contributed by atoms with E-state index in [2.05, 4.69) is 11.2 Å². The lowest BCUT2D eigenvalue weighted by Gasteiger charge is -2.27. The second kappa shape index (κ2) is 5.62. The second-order valence-electron chi connectivity index (χ2n) is 4.06. The summed E-state index contributed by atoms with van der Waals surface area (Å²) in [4.78, 5) is 22.0. The maximum atomic E-state index is 12.2. The average Bonchev–Trinajstić information content (AvgIpc) is 2.13. The highest BCUT2D eigenvalue weighted by molar-refractivity contribution is 5.80. The minimum Gasteiger partial charge on any atom is -0.480 e. The van der Waals surface area contributed by atoms with Gasteiger partial charge in [-0.15, -0.1) is 6.42 Å². The highest BCUT2D eigenvalue weighted by atomic mass is 19.4. The molecule has 0 rings (SSSR count). The first kappa shape index (κ1) is 16.1. The number of terminal acetylenes is 1. The van der Waals surface area contributed by atoms with Gasteiger partial charge in [-0.2, -0.15) is 13.2 Å². The smallest absolute Gasteiger partial charge is 0.406 e. The summed E-state index contributed by atoms with van der Waals surface area (Å²) in [5.74, 6) is 0.608. The molecule has 0 aliphatic carbocycles. The van der Waals surface area contributed by atoms with E-state index in [1.165, 1.54) is 13.8 Å². The Kier molecular flexibility index (Phi) is 5.02. The molecule has 2 N–H and O–H groups in total. The number of halogens is 3. The van der Waals surface area contributed by atoms with E-state index in [-0.39, 0.29) is 4.90 Å². The van der Waals surface area contributed by atoms with Gasteiger partial charge in [-0.25, -0.2) is 4.79 Å². The molecule has 102 valence electrons. The lowest BCUT2D eigenvalue weighted by molar-refractivity contribution is -0.149. The van der Waals surface area contributed by atoms with Crippen LogP contribution in [0.15, 0.2) is 0 Å². The van der Waals surface area contributed by atoms with E-state index < -0.39 is 36.8 Å². The number of rotatable bonds is 4. The molecule has 0 heterocycles. The van der Waals surface area contributed by atoms with Crippen molar-refractivity contribution in [3.63, 3.8) is 0 Å². The van der Waals surface area contributed by atoms with Gasteiger partial charge in [-0.3, -0.25) is 4.79 Å². The van der Waals surface area contributed by atoms with Gasteiger partial charge in [0.25, 0.3) is 0 Å². The first-order chi connectivity index (χ1) is 7.97. The number of hydrogen-bond donors (Lipinski definition) is 2. The van der Waals surface area contributed by atoms with E-state index in [9.17, 15) is 22.8 Å². The third-order valence-corrected chi connectivity index (χ3v) is 1.76. The monoisotopic (exact) mass is 266 g/mol. The Balaban J connectivity index is 4.82. The third-order valence-electron chi connectivity index (χ3n) is 1.76. The molecule has 0 spiro atoms. The number of alkyl halides is 3. The van der Waals surface area contributed by atoms with Crippen molar-refractivity contribution in [3.05, 3.63) is 0 Å². The number of urea groups is 1. The van der Waals surface area contributed by atoms with Gasteiger partial charge in [0, 0.05) is 0 Å². The van der Waals surface area contributed by atoms with Crippen molar-refractivity contribution in [2.45, 2.75) is 25.6 Å². The van der Waals surface area contributed by atoms with Crippen LogP contribution in [0, 0.1) is 12.3 Å². The second-order valence-corrected chi connectivity index (χ2v) is 4.06. The molecule has 2 amide bonds. The van der Waals surface area contributed by atoms with E-state index in [0.717, 1.165) is 0 Å². The Morgan fingerprint density at radius 3 is 2.22 bits per heavy atom. The molecule has 0 saturated heterocycles. The first-order valence-corrected chi connectivity index (χ1v) is 4.80. The lowest BCUT2D eigenvalue weighted by atomic mass is 10.1. The van der Waals surface area contributed by atoms with E-state index in [1.54, 1.807) is 0 Å². The Bertz CT molecular complexity index is 372. The summed E-state index contributed by atoms with van der Waals surface area (Å²) in [5.41, 5.74) is -1.17.